The van der Waals surface area contributed by atoms with Crippen LogP contribution in [0.3, 0.4) is 0 Å². The molecule has 5 heteroatoms. The van der Waals surface area contributed by atoms with E-state index in [2.05, 4.69) is 15.3 Å². The van der Waals surface area contributed by atoms with Gasteiger partial charge in [-0.05, 0) is 42.0 Å². The molecule has 0 saturated carbocycles. The molecule has 1 heterocycles. The van der Waals surface area contributed by atoms with Gasteiger partial charge in [0.25, 0.3) is 5.91 Å². The van der Waals surface area contributed by atoms with Crippen LogP contribution >= 0.6 is 11.6 Å². The van der Waals surface area contributed by atoms with Crippen molar-refractivity contribution in [2.45, 2.75) is 0 Å². The highest BCUT2D eigenvalue weighted by Gasteiger charge is 2.13. The highest BCUT2D eigenvalue weighted by Crippen LogP contribution is 2.22. The molecule has 1 aromatic heterocycles. The predicted octanol–water partition coefficient (Wildman–Crippen LogP) is 5.14. The van der Waals surface area contributed by atoms with Crippen LogP contribution in [0.15, 0.2) is 78.9 Å². The number of aromatic nitrogens is 2. The number of nitrogens with zero attached hydrogens (tertiary/aromatic N) is 1. The van der Waals surface area contributed by atoms with Crippen LogP contribution in [0.1, 0.15) is 21.7 Å². The number of fused-ring (bicyclic) bond motifs is 1. The number of rotatable bonds is 4. The number of H-pyrrole nitrogens is 1. The summed E-state index contributed by atoms with van der Waals surface area (Å²) < 4.78 is 0. The molecule has 1 amide bonds. The highest BCUT2D eigenvalue weighted by molar-refractivity contribution is 6.32. The maximum Gasteiger partial charge on any atom is 0.255 e. The number of nitrogens with one attached hydrogen (secondary N) is 2. The number of imidazole rings is 1. The molecule has 0 spiro atoms. The van der Waals surface area contributed by atoms with Gasteiger partial charge in [-0.3, -0.25) is 4.79 Å². The lowest BCUT2D eigenvalue weighted by Crippen LogP contribution is -2.22. The number of benzene rings is 3. The molecule has 0 fully saturated rings. The molecule has 0 aliphatic rings. The second-order valence-electron chi connectivity index (χ2n) is 6.00. The van der Waals surface area contributed by atoms with Gasteiger partial charge < -0.3 is 10.3 Å². The van der Waals surface area contributed by atoms with Crippen molar-refractivity contribution in [2.24, 2.45) is 0 Å². The van der Waals surface area contributed by atoms with Crippen LogP contribution in [-0.2, 0) is 0 Å². The quantitative estimate of drug-likeness (QED) is 0.520. The number of carbonyl (C=O) groups is 1. The molecular weight excluding hydrogens is 358 g/mol. The Hall–Kier alpha value is -3.37. The Morgan fingerprint density at radius 1 is 0.926 bits per heavy atom. The van der Waals surface area contributed by atoms with Gasteiger partial charge in [0.15, 0.2) is 5.82 Å². The van der Waals surface area contributed by atoms with Crippen LogP contribution in [0.25, 0.3) is 22.8 Å². The fourth-order valence-corrected chi connectivity index (χ4v) is 2.97. The Kier molecular flexibility index (Phi) is 4.73. The number of amides is 1. The van der Waals surface area contributed by atoms with E-state index in [1.807, 2.05) is 72.8 Å². The van der Waals surface area contributed by atoms with Crippen molar-refractivity contribution in [3.63, 3.8) is 0 Å². The number of aromatic amines is 1. The lowest BCUT2D eigenvalue weighted by molar-refractivity contribution is 0.0973. The Balaban J connectivity index is 1.77. The lowest BCUT2D eigenvalue weighted by atomic mass is 10.1. The fourth-order valence-electron chi connectivity index (χ4n) is 2.78. The van der Waals surface area contributed by atoms with Gasteiger partial charge in [-0.2, -0.15) is 0 Å². The van der Waals surface area contributed by atoms with E-state index >= 15 is 0 Å². The molecule has 132 valence electrons. The fraction of sp³-hybridized carbons (Fsp3) is 0. The van der Waals surface area contributed by atoms with Crippen molar-refractivity contribution in [1.29, 1.82) is 0 Å². The lowest BCUT2D eigenvalue weighted by Gasteiger charge is -2.09. The average Bonchev–Trinajstić information content (AvgIpc) is 3.14. The van der Waals surface area contributed by atoms with E-state index in [-0.39, 0.29) is 5.91 Å². The van der Waals surface area contributed by atoms with E-state index in [1.165, 1.54) is 0 Å². The van der Waals surface area contributed by atoms with Crippen molar-refractivity contribution >= 4 is 40.3 Å². The summed E-state index contributed by atoms with van der Waals surface area (Å²) in [5, 5.41) is 3.55. The summed E-state index contributed by atoms with van der Waals surface area (Å²) in [5.74, 6) is 0.356. The van der Waals surface area contributed by atoms with Gasteiger partial charge in [0, 0.05) is 10.6 Å². The monoisotopic (exact) mass is 373 g/mol. The standard InChI is InChI=1S/C22H16ClN3O/c23-17-11-5-4-10-16(17)14-20(26-22(27)15-8-2-1-3-9-15)21-24-18-12-6-7-13-19(18)25-21/h1-14H,(H,24,25)(H,26,27)/b20-14+. The van der Waals surface area contributed by atoms with Crippen LogP contribution in [0.5, 0.6) is 0 Å². The minimum atomic E-state index is -0.214. The first kappa shape index (κ1) is 17.1. The smallest absolute Gasteiger partial charge is 0.255 e. The molecule has 0 unspecified atom stereocenters. The van der Waals surface area contributed by atoms with E-state index < -0.39 is 0 Å². The van der Waals surface area contributed by atoms with Crippen LogP contribution in [0.2, 0.25) is 5.02 Å². The molecule has 0 saturated heterocycles. The van der Waals surface area contributed by atoms with Crippen LogP contribution in [0.4, 0.5) is 0 Å². The van der Waals surface area contributed by atoms with E-state index in [0.717, 1.165) is 16.6 Å². The molecular formula is C22H16ClN3O. The van der Waals surface area contributed by atoms with Crippen LogP contribution < -0.4 is 5.32 Å². The van der Waals surface area contributed by atoms with Gasteiger partial charge in [-0.15, -0.1) is 0 Å². The van der Waals surface area contributed by atoms with Gasteiger partial charge in [0.1, 0.15) is 0 Å². The summed E-state index contributed by atoms with van der Waals surface area (Å²) in [6.45, 7) is 0. The molecule has 2 N–H and O–H groups in total. The largest absolute Gasteiger partial charge is 0.337 e. The first-order valence-corrected chi connectivity index (χ1v) is 8.86. The Bertz CT molecular complexity index is 1100. The van der Waals surface area contributed by atoms with Gasteiger partial charge in [0.2, 0.25) is 0 Å². The number of carbonyl (C=O) groups excluding carboxylic acids is 1. The molecule has 4 rings (SSSR count). The predicted molar refractivity (Wildman–Crippen MR) is 109 cm³/mol. The minimum absolute atomic E-state index is 0.214. The van der Waals surface area contributed by atoms with Gasteiger partial charge in [0.05, 0.1) is 16.7 Å². The second-order valence-corrected chi connectivity index (χ2v) is 6.41. The summed E-state index contributed by atoms with van der Waals surface area (Å²) in [7, 11) is 0. The second kappa shape index (κ2) is 7.48. The third-order valence-corrected chi connectivity index (χ3v) is 4.48. The normalized spacial score (nSPS) is 11.5. The molecule has 0 radical (unpaired) electrons. The minimum Gasteiger partial charge on any atom is -0.337 e. The zero-order valence-corrected chi connectivity index (χ0v) is 15.1. The van der Waals surface area contributed by atoms with E-state index in [4.69, 9.17) is 11.6 Å². The molecule has 0 aliphatic carbocycles. The first-order chi connectivity index (χ1) is 13.2. The Morgan fingerprint density at radius 2 is 1.63 bits per heavy atom. The third kappa shape index (κ3) is 3.76. The molecule has 3 aromatic carbocycles. The first-order valence-electron chi connectivity index (χ1n) is 8.48. The van der Waals surface area contributed by atoms with E-state index in [9.17, 15) is 4.79 Å². The molecule has 4 aromatic rings. The number of halogens is 1. The molecule has 0 atom stereocenters. The van der Waals surface area contributed by atoms with Crippen LogP contribution in [-0.4, -0.2) is 15.9 Å². The van der Waals surface area contributed by atoms with Crippen molar-refractivity contribution in [1.82, 2.24) is 15.3 Å². The molecule has 0 bridgehead atoms. The Morgan fingerprint density at radius 3 is 2.41 bits per heavy atom. The van der Waals surface area contributed by atoms with Crippen molar-refractivity contribution in [3.05, 3.63) is 101 Å². The highest BCUT2D eigenvalue weighted by atomic mass is 35.5. The molecule has 27 heavy (non-hydrogen) atoms. The van der Waals surface area contributed by atoms with Crippen molar-refractivity contribution in [3.8, 4) is 0 Å². The summed E-state index contributed by atoms with van der Waals surface area (Å²) in [4.78, 5) is 20.6. The van der Waals surface area contributed by atoms with Crippen LogP contribution in [0, 0.1) is 0 Å². The zero-order chi connectivity index (χ0) is 18.6. The number of para-hydroxylation sites is 2. The summed E-state index contributed by atoms with van der Waals surface area (Å²) in [6, 6.07) is 24.2. The van der Waals surface area contributed by atoms with Crippen molar-refractivity contribution < 1.29 is 4.79 Å². The van der Waals surface area contributed by atoms with Crippen molar-refractivity contribution in [2.75, 3.05) is 0 Å². The number of hydrogen-bond donors (Lipinski definition) is 2. The maximum absolute atomic E-state index is 12.7. The summed E-state index contributed by atoms with van der Waals surface area (Å²) >= 11 is 6.30. The number of hydrogen-bond acceptors (Lipinski definition) is 2. The van der Waals surface area contributed by atoms with Gasteiger partial charge in [-0.25, -0.2) is 4.98 Å². The average molecular weight is 374 g/mol. The molecule has 0 aliphatic heterocycles. The van der Waals surface area contributed by atoms with E-state index in [1.54, 1.807) is 12.1 Å². The summed E-state index contributed by atoms with van der Waals surface area (Å²) in [6.07, 6.45) is 1.82. The van der Waals surface area contributed by atoms with Gasteiger partial charge in [-0.1, -0.05) is 60.1 Å². The topological polar surface area (TPSA) is 57.8 Å². The van der Waals surface area contributed by atoms with E-state index in [0.29, 0.717) is 22.1 Å². The zero-order valence-electron chi connectivity index (χ0n) is 14.3. The summed E-state index contributed by atoms with van der Waals surface area (Å²) in [5.41, 5.74) is 3.63. The molecule has 4 nitrogen and oxygen atoms in total. The maximum atomic E-state index is 12.7. The van der Waals surface area contributed by atoms with Gasteiger partial charge >= 0.3 is 0 Å². The Labute approximate surface area is 161 Å². The third-order valence-electron chi connectivity index (χ3n) is 4.13. The SMILES string of the molecule is O=C(N/C(=C/c1ccccc1Cl)c1nc2ccccc2[nH]1)c1ccccc1.